The third-order valence-corrected chi connectivity index (χ3v) is 1.88. The molecule has 0 saturated heterocycles. The summed E-state index contributed by atoms with van der Waals surface area (Å²) in [6.45, 7) is 0. The average molecular weight is 261 g/mol. The van der Waals surface area contributed by atoms with Gasteiger partial charge < -0.3 is 5.11 Å². The summed E-state index contributed by atoms with van der Waals surface area (Å²) >= 11 is 8.73. The van der Waals surface area contributed by atoms with Gasteiger partial charge in [0.2, 0.25) is 4.87 Å². The number of carboxylic acid groups (broad SMARTS) is 1. The molecule has 0 rings (SSSR count). The second-order valence-corrected chi connectivity index (χ2v) is 3.59. The summed E-state index contributed by atoms with van der Waals surface area (Å²) in [5.41, 5.74) is 0. The van der Waals surface area contributed by atoms with Gasteiger partial charge in [0.25, 0.3) is 0 Å². The molecule has 0 spiro atoms. The van der Waals surface area contributed by atoms with E-state index in [2.05, 4.69) is 23.2 Å². The van der Waals surface area contributed by atoms with Crippen molar-refractivity contribution in [3.05, 3.63) is 0 Å². The minimum atomic E-state index is -5.52. The van der Waals surface area contributed by atoms with Crippen molar-refractivity contribution < 1.29 is 31.9 Å². The first-order chi connectivity index (χ1) is 5.90. The normalized spacial score (nSPS) is 17.6. The molecule has 0 aliphatic heterocycles. The van der Waals surface area contributed by atoms with Crippen LogP contribution in [0.3, 0.4) is 0 Å². The van der Waals surface area contributed by atoms with Crippen LogP contribution in [0.15, 0.2) is 0 Å². The van der Waals surface area contributed by atoms with Crippen molar-refractivity contribution in [1.29, 1.82) is 0 Å². The van der Waals surface area contributed by atoms with E-state index in [9.17, 15) is 26.7 Å². The average Bonchev–Trinajstić information content (AvgIpc) is 1.79. The fourth-order valence-corrected chi connectivity index (χ4v) is 1.01. The molecule has 2 nitrogen and oxygen atoms in total. The Morgan fingerprint density at radius 3 is 1.57 bits per heavy atom. The summed E-state index contributed by atoms with van der Waals surface area (Å²) in [5, 5.41) is 3.75. The lowest BCUT2D eigenvalue weighted by molar-refractivity contribution is -0.192. The Balaban J connectivity index is 5.04. The minimum absolute atomic E-state index is 2.23. The molecule has 0 aromatic heterocycles. The number of aliphatic carboxylic acids is 1. The van der Waals surface area contributed by atoms with Crippen molar-refractivity contribution >= 4 is 29.2 Å². The number of hydrogen-bond acceptors (Lipinski definition) is 1. The van der Waals surface area contributed by atoms with Gasteiger partial charge in [0.05, 0.1) is 6.42 Å². The van der Waals surface area contributed by atoms with Crippen LogP contribution in [0, 0.1) is 0 Å². The molecule has 0 amide bonds. The molecule has 0 aliphatic carbocycles. The molecule has 0 radical (unpaired) electrons. The largest absolute Gasteiger partial charge is 0.480 e. The van der Waals surface area contributed by atoms with Gasteiger partial charge in [-0.2, -0.15) is 22.0 Å². The summed E-state index contributed by atoms with van der Waals surface area (Å²) in [7, 11) is 0. The predicted molar refractivity (Wildman–Crippen MR) is 37.7 cm³/mol. The highest BCUT2D eigenvalue weighted by Crippen LogP contribution is 2.44. The standard InChI is InChI=1S/C5H3Cl2F5O2/c6-3(2(13)14,5(10,11)12)1-4(7,8)9/h1H2,(H,13,14). The van der Waals surface area contributed by atoms with Crippen molar-refractivity contribution in [3.63, 3.8) is 0 Å². The number of carboxylic acids is 1. The van der Waals surface area contributed by atoms with Crippen molar-refractivity contribution in [2.45, 2.75) is 22.9 Å². The smallest absolute Gasteiger partial charge is 0.418 e. The van der Waals surface area contributed by atoms with E-state index in [1.807, 2.05) is 0 Å². The minimum Gasteiger partial charge on any atom is -0.480 e. The number of rotatable bonds is 3. The van der Waals surface area contributed by atoms with E-state index in [1.165, 1.54) is 0 Å². The van der Waals surface area contributed by atoms with Gasteiger partial charge in [0.1, 0.15) is 0 Å². The van der Waals surface area contributed by atoms with Crippen molar-refractivity contribution in [1.82, 2.24) is 0 Å². The zero-order chi connectivity index (χ0) is 11.8. The quantitative estimate of drug-likeness (QED) is 0.626. The van der Waals surface area contributed by atoms with Crippen LogP contribution in [0.2, 0.25) is 0 Å². The van der Waals surface area contributed by atoms with Crippen LogP contribution in [-0.2, 0) is 4.79 Å². The van der Waals surface area contributed by atoms with Crippen LogP contribution >= 0.6 is 23.2 Å². The number of halogens is 7. The number of alkyl halides is 7. The second-order valence-electron chi connectivity index (χ2n) is 2.40. The monoisotopic (exact) mass is 260 g/mol. The lowest BCUT2D eigenvalue weighted by Gasteiger charge is -2.26. The molecule has 9 heteroatoms. The SMILES string of the molecule is O=C(O)C(Cl)(CC(F)(F)Cl)C(F)(F)F. The Morgan fingerprint density at radius 2 is 1.50 bits per heavy atom. The molecule has 84 valence electrons. The fourth-order valence-electron chi connectivity index (χ4n) is 0.573. The Morgan fingerprint density at radius 1 is 1.14 bits per heavy atom. The van der Waals surface area contributed by atoms with Crippen LogP contribution in [-0.4, -0.2) is 27.5 Å². The molecule has 0 saturated carbocycles. The molecular weight excluding hydrogens is 258 g/mol. The van der Waals surface area contributed by atoms with Crippen LogP contribution < -0.4 is 0 Å². The topological polar surface area (TPSA) is 37.3 Å². The highest BCUT2D eigenvalue weighted by molar-refractivity contribution is 6.35. The maximum absolute atomic E-state index is 12.0. The van der Waals surface area contributed by atoms with Gasteiger partial charge in [0, 0.05) is 0 Å². The summed E-state index contributed by atoms with van der Waals surface area (Å²) in [6.07, 6.45) is -7.75. The zero-order valence-electron chi connectivity index (χ0n) is 6.21. The first-order valence-electron chi connectivity index (χ1n) is 2.96. The van der Waals surface area contributed by atoms with Gasteiger partial charge in [-0.25, -0.2) is 4.79 Å². The zero-order valence-corrected chi connectivity index (χ0v) is 7.72. The first kappa shape index (κ1) is 13.7. The molecule has 0 heterocycles. The molecule has 0 aromatic rings. The third kappa shape index (κ3) is 3.13. The van der Waals surface area contributed by atoms with Crippen molar-refractivity contribution in [3.8, 4) is 0 Å². The van der Waals surface area contributed by atoms with E-state index < -0.39 is 28.8 Å². The van der Waals surface area contributed by atoms with Gasteiger partial charge >= 0.3 is 17.5 Å². The van der Waals surface area contributed by atoms with Crippen LogP contribution in [0.5, 0.6) is 0 Å². The summed E-state index contributed by atoms with van der Waals surface area (Å²) in [5.74, 6) is -2.62. The Hall–Kier alpha value is -0.300. The maximum Gasteiger partial charge on any atom is 0.418 e. The summed E-state index contributed by atoms with van der Waals surface area (Å²) < 4.78 is 60.0. The van der Waals surface area contributed by atoms with Gasteiger partial charge in [-0.3, -0.25) is 0 Å². The molecule has 1 atom stereocenters. The van der Waals surface area contributed by atoms with Gasteiger partial charge in [-0.1, -0.05) is 11.6 Å². The van der Waals surface area contributed by atoms with E-state index in [-0.39, 0.29) is 0 Å². The van der Waals surface area contributed by atoms with E-state index in [0.29, 0.717) is 0 Å². The fraction of sp³-hybridized carbons (Fsp3) is 0.800. The number of carbonyl (C=O) groups is 1. The summed E-state index contributed by atoms with van der Waals surface area (Å²) in [4.78, 5) is 6.03. The molecular formula is C5H3Cl2F5O2. The molecule has 1 N–H and O–H groups in total. The van der Waals surface area contributed by atoms with Crippen LogP contribution in [0.4, 0.5) is 22.0 Å². The van der Waals surface area contributed by atoms with Crippen molar-refractivity contribution in [2.24, 2.45) is 0 Å². The highest BCUT2D eigenvalue weighted by atomic mass is 35.5. The Kier molecular flexibility index (Phi) is 3.61. The lowest BCUT2D eigenvalue weighted by atomic mass is 10.0. The Labute approximate surface area is 84.6 Å². The van der Waals surface area contributed by atoms with E-state index >= 15 is 0 Å². The van der Waals surface area contributed by atoms with Crippen LogP contribution in [0.1, 0.15) is 6.42 Å². The van der Waals surface area contributed by atoms with Gasteiger partial charge in [0.15, 0.2) is 0 Å². The van der Waals surface area contributed by atoms with E-state index in [0.717, 1.165) is 0 Å². The number of hydrogen-bond donors (Lipinski definition) is 1. The molecule has 0 bridgehead atoms. The first-order valence-corrected chi connectivity index (χ1v) is 3.71. The third-order valence-electron chi connectivity index (χ3n) is 1.23. The molecule has 1 unspecified atom stereocenters. The second kappa shape index (κ2) is 3.69. The molecule has 0 fully saturated rings. The lowest BCUT2D eigenvalue weighted by Crippen LogP contribution is -2.49. The highest BCUT2D eigenvalue weighted by Gasteiger charge is 2.63. The van der Waals surface area contributed by atoms with E-state index in [1.54, 1.807) is 0 Å². The van der Waals surface area contributed by atoms with Gasteiger partial charge in [-0.15, -0.1) is 0 Å². The predicted octanol–water partition coefficient (Wildman–Crippen LogP) is 2.83. The summed E-state index contributed by atoms with van der Waals surface area (Å²) in [6, 6.07) is 0. The molecule has 0 aliphatic rings. The van der Waals surface area contributed by atoms with Crippen LogP contribution in [0.25, 0.3) is 0 Å². The molecule has 0 aromatic carbocycles. The van der Waals surface area contributed by atoms with Gasteiger partial charge in [-0.05, 0) is 11.6 Å². The Bertz CT molecular complexity index is 235. The van der Waals surface area contributed by atoms with E-state index in [4.69, 9.17) is 5.11 Å². The molecule has 14 heavy (non-hydrogen) atoms. The maximum atomic E-state index is 12.0. The van der Waals surface area contributed by atoms with Crippen molar-refractivity contribution in [2.75, 3.05) is 0 Å².